The molecule has 7 atom stereocenters. The van der Waals surface area contributed by atoms with Gasteiger partial charge in [0.2, 0.25) is 6.29 Å². The maximum atomic E-state index is 15.6. The van der Waals surface area contributed by atoms with Crippen molar-refractivity contribution in [3.05, 3.63) is 118 Å². The number of carbonyl (C=O) groups excluding carboxylic acids is 1. The topological polar surface area (TPSA) is 99.2 Å². The lowest BCUT2D eigenvalue weighted by atomic mass is 9.72. The zero-order valence-corrected chi connectivity index (χ0v) is 37.9. The summed E-state index contributed by atoms with van der Waals surface area (Å²) in [6.07, 6.45) is 8.08. The number of hydrogen-bond donors (Lipinski definition) is 1. The number of fused-ring (bicyclic) bond motifs is 7. The lowest BCUT2D eigenvalue weighted by Gasteiger charge is -2.49. The number of nitrogens with zero attached hydrogens (tertiary/aromatic N) is 2. The van der Waals surface area contributed by atoms with Gasteiger partial charge in [0, 0.05) is 50.7 Å². The standard InChI is InChI=1S/C53H64N2O8/c1-7-32-31-54-20-18-34-26-47(58-3)49(60-5)28-41(34)45(54)24-36(32)25-46-42-29-50(61-6)48(59-4)27-35(42)19-21-55(46)52(57)51-30-44(40(17-12-22-56)53(63-51)62-8-2)39-16-11-15-38-37-14-10-9-13-33(37)23-43(38)39/h9-11,13-16,26-30,32,36,40,44-46,53,56H,7-8,12,17-25,31H2,1-6H3/t32-,36+,40-,44+,45-,46+,53+/m0/s1. The van der Waals surface area contributed by atoms with Crippen molar-refractivity contribution >= 4 is 5.91 Å². The third-order valence-corrected chi connectivity index (χ3v) is 15.0. The third-order valence-electron chi connectivity index (χ3n) is 15.0. The van der Waals surface area contributed by atoms with Crippen LogP contribution in [0, 0.1) is 17.8 Å². The van der Waals surface area contributed by atoms with Crippen molar-refractivity contribution in [2.24, 2.45) is 17.8 Å². The van der Waals surface area contributed by atoms with Crippen molar-refractivity contribution in [3.63, 3.8) is 0 Å². The minimum atomic E-state index is -0.647. The van der Waals surface area contributed by atoms with E-state index in [9.17, 15) is 5.11 Å². The Morgan fingerprint density at radius 3 is 2.17 bits per heavy atom. The summed E-state index contributed by atoms with van der Waals surface area (Å²) in [5, 5.41) is 10.1. The summed E-state index contributed by atoms with van der Waals surface area (Å²) < 4.78 is 36.5. The van der Waals surface area contributed by atoms with E-state index in [4.69, 9.17) is 28.4 Å². The van der Waals surface area contributed by atoms with Crippen LogP contribution in [0.15, 0.2) is 78.6 Å². The van der Waals surface area contributed by atoms with Gasteiger partial charge in [0.15, 0.2) is 28.8 Å². The number of aliphatic hydroxyl groups excluding tert-OH is 1. The van der Waals surface area contributed by atoms with Gasteiger partial charge in [0.25, 0.3) is 5.91 Å². The molecule has 0 radical (unpaired) electrons. The van der Waals surface area contributed by atoms with Crippen molar-refractivity contribution in [1.29, 1.82) is 0 Å². The van der Waals surface area contributed by atoms with Gasteiger partial charge < -0.3 is 38.4 Å². The van der Waals surface area contributed by atoms with E-state index < -0.39 is 6.29 Å². The summed E-state index contributed by atoms with van der Waals surface area (Å²) in [7, 11) is 6.77. The molecule has 1 fully saturated rings. The molecule has 10 nitrogen and oxygen atoms in total. The third kappa shape index (κ3) is 7.97. The summed E-state index contributed by atoms with van der Waals surface area (Å²) in [6, 6.07) is 23.8. The molecule has 1 N–H and O–H groups in total. The second kappa shape index (κ2) is 18.6. The van der Waals surface area contributed by atoms with Gasteiger partial charge in [-0.1, -0.05) is 55.8 Å². The minimum absolute atomic E-state index is 0.0743. The molecule has 4 aromatic rings. The van der Waals surface area contributed by atoms with E-state index >= 15 is 4.79 Å². The number of amides is 1. The van der Waals surface area contributed by atoms with E-state index in [0.717, 1.165) is 62.3 Å². The van der Waals surface area contributed by atoms with Gasteiger partial charge in [-0.15, -0.1) is 0 Å². The number of rotatable bonds is 14. The molecule has 334 valence electrons. The molecule has 1 aliphatic carbocycles. The van der Waals surface area contributed by atoms with Crippen LogP contribution in [0.25, 0.3) is 11.1 Å². The molecule has 10 heteroatoms. The Labute approximate surface area is 373 Å². The Morgan fingerprint density at radius 1 is 0.778 bits per heavy atom. The SMILES string of the molecule is CCO[C@@H]1OC(C(=O)N2CCc3cc(OC)c(OC)cc3[C@H]2C[C@H]2C[C@H]3c4cc(OC)c(OC)cc4CCN3C[C@@H]2CC)=C[C@H](c2cccc3c2Cc2ccccc2-3)[C@@H]1CCCO. The summed E-state index contributed by atoms with van der Waals surface area (Å²) in [4.78, 5) is 20.3. The zero-order valence-electron chi connectivity index (χ0n) is 37.9. The molecule has 0 saturated carbocycles. The molecule has 0 spiro atoms. The second-order valence-corrected chi connectivity index (χ2v) is 18.0. The molecular formula is C53H64N2O8. The van der Waals surface area contributed by atoms with Crippen molar-refractivity contribution < 1.29 is 38.3 Å². The molecule has 9 rings (SSSR count). The first-order chi connectivity index (χ1) is 30.8. The Hall–Kier alpha value is -5.03. The van der Waals surface area contributed by atoms with E-state index in [0.29, 0.717) is 61.5 Å². The van der Waals surface area contributed by atoms with Crippen LogP contribution in [0.5, 0.6) is 23.0 Å². The summed E-state index contributed by atoms with van der Waals surface area (Å²) in [5.74, 6) is 3.66. The van der Waals surface area contributed by atoms with Crippen molar-refractivity contribution in [2.45, 2.75) is 89.5 Å². The van der Waals surface area contributed by atoms with E-state index in [2.05, 4.69) is 89.5 Å². The van der Waals surface area contributed by atoms with Crippen molar-refractivity contribution in [3.8, 4) is 34.1 Å². The van der Waals surface area contributed by atoms with Crippen LogP contribution in [-0.4, -0.2) is 88.4 Å². The highest BCUT2D eigenvalue weighted by Gasteiger charge is 2.45. The van der Waals surface area contributed by atoms with Crippen LogP contribution >= 0.6 is 0 Å². The Balaban J connectivity index is 1.11. The fourth-order valence-electron chi connectivity index (χ4n) is 11.8. The number of allylic oxidation sites excluding steroid dienone is 1. The molecule has 4 aliphatic heterocycles. The normalized spacial score (nSPS) is 24.8. The minimum Gasteiger partial charge on any atom is -0.493 e. The monoisotopic (exact) mass is 856 g/mol. The lowest BCUT2D eigenvalue weighted by molar-refractivity contribution is -0.171. The van der Waals surface area contributed by atoms with Crippen LogP contribution in [0.2, 0.25) is 0 Å². The van der Waals surface area contributed by atoms with Gasteiger partial charge >= 0.3 is 0 Å². The van der Waals surface area contributed by atoms with Gasteiger partial charge in [0.1, 0.15) is 0 Å². The summed E-state index contributed by atoms with van der Waals surface area (Å²) in [5.41, 5.74) is 11.2. The van der Waals surface area contributed by atoms with Crippen LogP contribution in [0.1, 0.15) is 103 Å². The largest absolute Gasteiger partial charge is 0.493 e. The highest BCUT2D eigenvalue weighted by atomic mass is 16.7. The van der Waals surface area contributed by atoms with E-state index in [1.165, 1.54) is 44.5 Å². The molecule has 0 aromatic heterocycles. The van der Waals surface area contributed by atoms with Crippen molar-refractivity contribution in [1.82, 2.24) is 9.80 Å². The molecule has 5 aliphatic rings. The first kappa shape index (κ1) is 43.2. The highest BCUT2D eigenvalue weighted by molar-refractivity contribution is 5.92. The zero-order chi connectivity index (χ0) is 43.8. The number of benzene rings is 4. The quantitative estimate of drug-likeness (QED) is 0.117. The van der Waals surface area contributed by atoms with Gasteiger partial charge in [-0.3, -0.25) is 9.69 Å². The van der Waals surface area contributed by atoms with Crippen LogP contribution in [-0.2, 0) is 33.5 Å². The number of carbonyl (C=O) groups is 1. The maximum absolute atomic E-state index is 15.6. The number of piperidine rings is 1. The Morgan fingerprint density at radius 2 is 1.46 bits per heavy atom. The Bertz CT molecular complexity index is 2340. The molecular weight excluding hydrogens is 793 g/mol. The highest BCUT2D eigenvalue weighted by Crippen LogP contribution is 2.51. The van der Waals surface area contributed by atoms with Crippen molar-refractivity contribution in [2.75, 3.05) is 61.3 Å². The van der Waals surface area contributed by atoms with Crippen LogP contribution in [0.3, 0.4) is 0 Å². The number of ether oxygens (including phenoxy) is 6. The Kier molecular flexibility index (Phi) is 12.8. The second-order valence-electron chi connectivity index (χ2n) is 18.0. The smallest absolute Gasteiger partial charge is 0.289 e. The predicted octanol–water partition coefficient (Wildman–Crippen LogP) is 9.20. The number of aliphatic hydroxyl groups is 1. The first-order valence-electron chi connectivity index (χ1n) is 23.2. The summed E-state index contributed by atoms with van der Waals surface area (Å²) in [6.45, 7) is 7.36. The van der Waals surface area contributed by atoms with E-state index in [1.54, 1.807) is 28.4 Å². The molecule has 63 heavy (non-hydrogen) atoms. The summed E-state index contributed by atoms with van der Waals surface area (Å²) >= 11 is 0. The molecule has 0 unspecified atom stereocenters. The molecule has 4 heterocycles. The van der Waals surface area contributed by atoms with Gasteiger partial charge in [-0.2, -0.15) is 0 Å². The first-order valence-corrected chi connectivity index (χ1v) is 23.2. The van der Waals surface area contributed by atoms with Crippen LogP contribution < -0.4 is 18.9 Å². The number of hydrogen-bond acceptors (Lipinski definition) is 9. The van der Waals surface area contributed by atoms with E-state index in [1.807, 2.05) is 6.92 Å². The van der Waals surface area contributed by atoms with Gasteiger partial charge in [-0.25, -0.2) is 0 Å². The molecule has 0 bridgehead atoms. The van der Waals surface area contributed by atoms with Crippen LogP contribution in [0.4, 0.5) is 0 Å². The molecule has 1 amide bonds. The fourth-order valence-corrected chi connectivity index (χ4v) is 11.8. The predicted molar refractivity (Wildman–Crippen MR) is 244 cm³/mol. The molecule has 4 aromatic carbocycles. The molecule has 1 saturated heterocycles. The average Bonchev–Trinajstić information content (AvgIpc) is 3.71. The van der Waals surface area contributed by atoms with Gasteiger partial charge in [-0.05, 0) is 144 Å². The maximum Gasteiger partial charge on any atom is 0.289 e. The number of methoxy groups -OCH3 is 4. The lowest BCUT2D eigenvalue weighted by Crippen LogP contribution is -2.48. The van der Waals surface area contributed by atoms with Gasteiger partial charge in [0.05, 0.1) is 34.5 Å². The average molecular weight is 857 g/mol. The van der Waals surface area contributed by atoms with E-state index in [-0.39, 0.29) is 36.4 Å². The fraction of sp³-hybridized carbons (Fsp3) is 0.491.